The molecule has 9 aromatic rings. The molecule has 37 nitrogen and oxygen atoms in total. The number of aliphatic hydroxyl groups is 12. The fourth-order valence-electron chi connectivity index (χ4n) is 10.6. The molecule has 3 aliphatic rings. The van der Waals surface area contributed by atoms with Crippen LogP contribution in [0.15, 0.2) is 113 Å². The first-order valence-corrected chi connectivity index (χ1v) is 29.1. The molecule has 3 fully saturated rings. The molecule has 25 N–H and O–H groups in total. The lowest BCUT2D eigenvalue weighted by molar-refractivity contribution is -0.277. The van der Waals surface area contributed by atoms with Gasteiger partial charge in [-0.2, -0.15) is 0 Å². The van der Waals surface area contributed by atoms with E-state index in [0.29, 0.717) is 6.07 Å². The fourth-order valence-corrected chi connectivity index (χ4v) is 10.6. The first kappa shape index (κ1) is 71.9. The molecule has 0 spiro atoms. The number of phenolic OH excluding ortho intramolecular Hbond substituents is 11. The summed E-state index contributed by atoms with van der Waals surface area (Å²) in [5.74, 6) is -10.9. The first-order chi connectivity index (χ1) is 47.3. The molecule has 3 aliphatic heterocycles. The molecular weight excluding hydrogens is 1350 g/mol. The zero-order valence-electron chi connectivity index (χ0n) is 50.4. The Kier molecular flexibility index (Phi) is 20.5. The Bertz CT molecular complexity index is 4730. The number of phenols is 11. The van der Waals surface area contributed by atoms with Crippen molar-refractivity contribution >= 4 is 32.9 Å². The lowest BCUT2D eigenvalue weighted by Crippen LogP contribution is -2.60. The minimum Gasteiger partial charge on any atom is -0.508 e. The lowest BCUT2D eigenvalue weighted by atomic mass is 9.99. The van der Waals surface area contributed by atoms with Crippen molar-refractivity contribution in [2.24, 2.45) is 0 Å². The number of ether oxygens (including phenoxy) is 6. The summed E-state index contributed by atoms with van der Waals surface area (Å²) in [6, 6.07) is 14.9. The summed E-state index contributed by atoms with van der Waals surface area (Å²) in [7, 11) is 0. The van der Waals surface area contributed by atoms with Crippen molar-refractivity contribution in [3.8, 4) is 126 Å². The van der Waals surface area contributed by atoms with Gasteiger partial charge in [-0.05, 0) is 54.6 Å². The molecule has 3 saturated heterocycles. The highest BCUT2D eigenvalue weighted by Gasteiger charge is 2.48. The van der Waals surface area contributed by atoms with Crippen LogP contribution in [0.5, 0.6) is 92.0 Å². The quantitative estimate of drug-likeness (QED) is 0.0469. The maximum absolute atomic E-state index is 13.2. The number of fused-ring (bicyclic) bond motifs is 3. The molecule has 0 bridgehead atoms. The van der Waals surface area contributed by atoms with Crippen LogP contribution in [0.1, 0.15) is 0 Å². The smallest absolute Gasteiger partial charge is 0.239 e. The van der Waals surface area contributed by atoms with Crippen LogP contribution in [0.4, 0.5) is 0 Å². The summed E-state index contributed by atoms with van der Waals surface area (Å²) in [5, 5.41) is 246. The second-order valence-corrected chi connectivity index (χ2v) is 22.5. The monoisotopic (exact) mass is 1410 g/mol. The number of benzene rings is 6. The molecule has 0 saturated carbocycles. The first-order valence-electron chi connectivity index (χ1n) is 29.1. The van der Waals surface area contributed by atoms with Crippen LogP contribution in [-0.4, -0.2) is 240 Å². The van der Waals surface area contributed by atoms with Crippen molar-refractivity contribution in [2.45, 2.75) is 92.1 Å². The largest absolute Gasteiger partial charge is 0.508 e. The maximum Gasteiger partial charge on any atom is 0.239 e. The van der Waals surface area contributed by atoms with E-state index in [-0.39, 0.29) is 61.6 Å². The van der Waals surface area contributed by atoms with Gasteiger partial charge < -0.3 is 169 Å². The van der Waals surface area contributed by atoms with Gasteiger partial charge in [-0.25, -0.2) is 0 Å². The fraction of sp³-hybridized carbons (Fsp3) is 0.286. The third-order valence-corrected chi connectivity index (χ3v) is 15.9. The van der Waals surface area contributed by atoms with Gasteiger partial charge in [0.25, 0.3) is 0 Å². The van der Waals surface area contributed by atoms with Gasteiger partial charge in [0.2, 0.25) is 58.2 Å². The summed E-state index contributed by atoms with van der Waals surface area (Å²) in [4.78, 5) is 38.4. The zero-order chi connectivity index (χ0) is 72.9. The summed E-state index contributed by atoms with van der Waals surface area (Å²) in [5.41, 5.74) is -4.22. The average molecular weight is 1410 g/mol. The van der Waals surface area contributed by atoms with Crippen LogP contribution in [0.2, 0.25) is 0 Å². The van der Waals surface area contributed by atoms with Gasteiger partial charge in [0.05, 0.1) is 19.8 Å². The van der Waals surface area contributed by atoms with E-state index in [1.54, 1.807) is 0 Å². The standard InChI is InChI=1S/C21H20O13.2C21H20O12/c22-5-11-14(27)16(29)18(31)21(33-11)32-10-3-6(1-2-7(10)23)19-17(30)15(28)12-8(24)4-9(25)13(26)20(12)34-19;22-6-13-15(26)17(28)19(30)21(33-13)32-11-3-7(1-2-9(11)24)20-18(29)16(27)14-10(25)4-8(23)5-12(14)31-20;22-6-13-15(27)17(29)18(30)21(32-13)33-20-16(28)14-11(26)4-8(23)5-12(14)31-19(20)7-1-2-9(24)10(25)3-7/h1-4,11,14,16,18,21-27,29-31H,5H2;1-5,13,15,17,19,21-26,28-30H,6H2;1-5,13,15,17-18,21-27,29-30H,6H2/t11-,14-,16+,18-,21-;13-,15-,17+,19-,21-;13-,15-,17+,18-,21+/m111/s1. The Hall–Kier alpha value is -10.9. The minimum atomic E-state index is -1.85. The molecule has 3 aromatic heterocycles. The molecular formula is C63H60O37. The maximum atomic E-state index is 13.2. The molecule has 6 aromatic carbocycles. The highest BCUT2D eigenvalue weighted by Crippen LogP contribution is 2.46. The van der Waals surface area contributed by atoms with Gasteiger partial charge in [-0.3, -0.25) is 14.4 Å². The Morgan fingerprint density at radius 3 is 1.12 bits per heavy atom. The van der Waals surface area contributed by atoms with E-state index in [2.05, 4.69) is 0 Å². The lowest BCUT2D eigenvalue weighted by Gasteiger charge is -2.39. The summed E-state index contributed by atoms with van der Waals surface area (Å²) in [6.45, 7) is -2.14. The van der Waals surface area contributed by atoms with Crippen molar-refractivity contribution in [2.75, 3.05) is 19.8 Å². The Morgan fingerprint density at radius 2 is 0.690 bits per heavy atom. The molecule has 100 heavy (non-hydrogen) atoms. The summed E-state index contributed by atoms with van der Waals surface area (Å²) < 4.78 is 48.6. The van der Waals surface area contributed by atoms with Crippen molar-refractivity contribution in [1.29, 1.82) is 0 Å². The van der Waals surface area contributed by atoms with Gasteiger partial charge in [-0.1, -0.05) is 0 Å². The van der Waals surface area contributed by atoms with Crippen molar-refractivity contribution in [1.82, 2.24) is 0 Å². The third kappa shape index (κ3) is 13.6. The molecule has 15 atom stereocenters. The number of aromatic hydroxyl groups is 13. The van der Waals surface area contributed by atoms with Crippen molar-refractivity contribution in [3.63, 3.8) is 0 Å². The van der Waals surface area contributed by atoms with Crippen LogP contribution >= 0.6 is 0 Å². The highest BCUT2D eigenvalue weighted by atomic mass is 16.7. The van der Waals surface area contributed by atoms with Crippen LogP contribution in [0.3, 0.4) is 0 Å². The van der Waals surface area contributed by atoms with Crippen LogP contribution < -0.4 is 30.5 Å². The van der Waals surface area contributed by atoms with Gasteiger partial charge in [0.15, 0.2) is 63.1 Å². The summed E-state index contributed by atoms with van der Waals surface area (Å²) in [6.07, 6.45) is -24.4. The van der Waals surface area contributed by atoms with E-state index in [1.807, 2.05) is 0 Å². The summed E-state index contributed by atoms with van der Waals surface area (Å²) >= 11 is 0. The Balaban J connectivity index is 0.000000162. The molecule has 0 amide bonds. The van der Waals surface area contributed by atoms with E-state index < -0.39 is 225 Å². The number of hydrogen-bond donors (Lipinski definition) is 25. The predicted molar refractivity (Wildman–Crippen MR) is 329 cm³/mol. The minimum absolute atomic E-state index is 0.0201. The highest BCUT2D eigenvalue weighted by molar-refractivity contribution is 5.93. The van der Waals surface area contributed by atoms with Gasteiger partial charge >= 0.3 is 0 Å². The molecule has 0 unspecified atom stereocenters. The number of aliphatic hydroxyl groups excluding tert-OH is 12. The van der Waals surface area contributed by atoms with Gasteiger partial charge in [0, 0.05) is 47.0 Å². The van der Waals surface area contributed by atoms with Crippen molar-refractivity contribution in [3.05, 3.63) is 116 Å². The molecule has 6 heterocycles. The third-order valence-electron chi connectivity index (χ3n) is 15.9. The number of hydrogen-bond acceptors (Lipinski definition) is 37. The van der Waals surface area contributed by atoms with Crippen LogP contribution in [-0.2, 0) is 14.2 Å². The van der Waals surface area contributed by atoms with E-state index in [0.717, 1.165) is 60.7 Å². The van der Waals surface area contributed by atoms with Gasteiger partial charge in [0.1, 0.15) is 129 Å². The molecule has 12 rings (SSSR count). The molecule has 0 aliphatic carbocycles. The Morgan fingerprint density at radius 1 is 0.320 bits per heavy atom. The second-order valence-electron chi connectivity index (χ2n) is 22.5. The second kappa shape index (κ2) is 28.5. The number of rotatable bonds is 12. The van der Waals surface area contributed by atoms with Crippen LogP contribution in [0, 0.1) is 0 Å². The normalized spacial score (nSPS) is 25.1. The molecule has 534 valence electrons. The molecule has 37 heteroatoms. The van der Waals surface area contributed by atoms with Crippen LogP contribution in [0.25, 0.3) is 66.9 Å². The van der Waals surface area contributed by atoms with E-state index in [1.165, 1.54) is 18.2 Å². The van der Waals surface area contributed by atoms with E-state index >= 15 is 0 Å². The zero-order valence-corrected chi connectivity index (χ0v) is 50.4. The SMILES string of the molecule is O=c1c(O)c(-c2ccc(O)c(O[C@@H]3O[C@H](CO)[C@@H](O)[C@H](O)[C@H]3O)c2)oc2c(O)c(O)cc(O)c12.O=c1c(O)c(-c2ccc(O)c(O[C@@H]3O[C@H](CO)[C@@H](O)[C@H](O)[C@H]3O)c2)oc2cc(O)cc(O)c12.O=c1c(O[C@@H]2O[C@H](CO)[C@@H](O)[C@H](O)[C@H]2O)c(-c2ccc(O)c(O)c2)oc2cc(O)cc(O)c12. The van der Waals surface area contributed by atoms with Crippen molar-refractivity contribution < 1.29 is 169 Å². The average Bonchev–Trinajstić information content (AvgIpc) is 0.766. The van der Waals surface area contributed by atoms with E-state index in [9.17, 15) is 142 Å². The van der Waals surface area contributed by atoms with E-state index in [4.69, 9.17) is 41.7 Å². The predicted octanol–water partition coefficient (Wildman–Crippen LogP) is -1.91. The molecule has 0 radical (unpaired) electrons. The van der Waals surface area contributed by atoms with Gasteiger partial charge in [-0.15, -0.1) is 0 Å². The Labute approximate surface area is 554 Å². The topological polar surface area (TPSA) is 652 Å².